The topological polar surface area (TPSA) is 50.6 Å². The number of fused-ring (bicyclic) bond motifs is 1. The smallest absolute Gasteiger partial charge is 0.237 e. The van der Waals surface area contributed by atoms with Gasteiger partial charge in [0.2, 0.25) is 5.91 Å². The van der Waals surface area contributed by atoms with Crippen LogP contribution in [-0.2, 0) is 16.6 Å². The van der Waals surface area contributed by atoms with Crippen molar-refractivity contribution in [2.45, 2.75) is 56.7 Å². The maximum Gasteiger partial charge on any atom is 0.237 e. The van der Waals surface area contributed by atoms with E-state index in [9.17, 15) is 4.79 Å². The van der Waals surface area contributed by atoms with Crippen molar-refractivity contribution in [3.05, 3.63) is 18.0 Å². The molecular weight excluding hydrogens is 304 g/mol. The maximum absolute atomic E-state index is 13.0. The molecule has 0 spiro atoms. The van der Waals surface area contributed by atoms with Gasteiger partial charge in [0.05, 0.1) is 31.5 Å². The highest BCUT2D eigenvalue weighted by Crippen LogP contribution is 2.32. The van der Waals surface area contributed by atoms with Gasteiger partial charge in [-0.1, -0.05) is 12.8 Å². The lowest BCUT2D eigenvalue weighted by molar-refractivity contribution is -0.150. The normalized spacial score (nSPS) is 31.2. The van der Waals surface area contributed by atoms with E-state index in [0.717, 1.165) is 38.8 Å². The quantitative estimate of drug-likeness (QED) is 0.846. The number of hydrogen-bond acceptors (Lipinski definition) is 4. The number of rotatable bonds is 3. The summed E-state index contributed by atoms with van der Waals surface area (Å²) in [5, 5.41) is 4.30. The Morgan fingerprint density at radius 2 is 2.12 bits per heavy atom. The van der Waals surface area contributed by atoms with Gasteiger partial charge in [0, 0.05) is 31.4 Å². The van der Waals surface area contributed by atoms with E-state index in [1.807, 2.05) is 17.9 Å². The summed E-state index contributed by atoms with van der Waals surface area (Å²) < 4.78 is 7.76. The summed E-state index contributed by atoms with van der Waals surface area (Å²) in [4.78, 5) is 17.5. The lowest BCUT2D eigenvalue weighted by Crippen LogP contribution is -2.56. The molecule has 1 aromatic heterocycles. The standard InChI is InChI=1S/C18H28N4O2/c1-20-12-14(11-19-20)15-6-4-8-21(15)13-18(23)22-9-10-24-17-7-3-2-5-16(17)22/h11-12,15-17H,2-10,13H2,1H3/t15-,16-,17+/m0/s1. The Morgan fingerprint density at radius 3 is 2.96 bits per heavy atom. The predicted octanol–water partition coefficient (Wildman–Crippen LogP) is 1.73. The Kier molecular flexibility index (Phi) is 4.59. The Morgan fingerprint density at radius 1 is 1.25 bits per heavy atom. The van der Waals surface area contributed by atoms with Crippen LogP contribution in [0.25, 0.3) is 0 Å². The van der Waals surface area contributed by atoms with Crippen molar-refractivity contribution in [3.8, 4) is 0 Å². The van der Waals surface area contributed by atoms with Crippen LogP contribution in [0.3, 0.4) is 0 Å². The van der Waals surface area contributed by atoms with Crippen LogP contribution in [0.4, 0.5) is 0 Å². The summed E-state index contributed by atoms with van der Waals surface area (Å²) in [6.07, 6.45) is 11.2. The first kappa shape index (κ1) is 16.1. The fourth-order valence-electron chi connectivity index (χ4n) is 4.68. The molecule has 4 rings (SSSR count). The van der Waals surface area contributed by atoms with Gasteiger partial charge >= 0.3 is 0 Å². The highest BCUT2D eigenvalue weighted by atomic mass is 16.5. The van der Waals surface area contributed by atoms with Crippen molar-refractivity contribution in [2.24, 2.45) is 7.05 Å². The lowest BCUT2D eigenvalue weighted by Gasteiger charge is -2.44. The number of morpholine rings is 1. The van der Waals surface area contributed by atoms with Crippen molar-refractivity contribution >= 4 is 5.91 Å². The third-order valence-electron chi connectivity index (χ3n) is 5.86. The summed E-state index contributed by atoms with van der Waals surface area (Å²) >= 11 is 0. The van der Waals surface area contributed by atoms with E-state index in [-0.39, 0.29) is 12.0 Å². The fourth-order valence-corrected chi connectivity index (χ4v) is 4.68. The van der Waals surface area contributed by atoms with Crippen LogP contribution in [0.2, 0.25) is 0 Å². The Balaban J connectivity index is 1.43. The van der Waals surface area contributed by atoms with Crippen molar-refractivity contribution in [3.63, 3.8) is 0 Å². The van der Waals surface area contributed by atoms with E-state index in [1.54, 1.807) is 0 Å². The second kappa shape index (κ2) is 6.84. The molecule has 1 aromatic rings. The molecule has 6 nitrogen and oxygen atoms in total. The van der Waals surface area contributed by atoms with Crippen molar-refractivity contribution in [2.75, 3.05) is 26.2 Å². The van der Waals surface area contributed by atoms with Gasteiger partial charge in [-0.2, -0.15) is 5.10 Å². The average Bonchev–Trinajstić information content (AvgIpc) is 3.23. The third kappa shape index (κ3) is 3.09. The maximum atomic E-state index is 13.0. The van der Waals surface area contributed by atoms with Gasteiger partial charge in [-0.05, 0) is 32.2 Å². The van der Waals surface area contributed by atoms with E-state index >= 15 is 0 Å². The van der Waals surface area contributed by atoms with Crippen LogP contribution >= 0.6 is 0 Å². The minimum absolute atomic E-state index is 0.268. The Bertz CT molecular complexity index is 585. The molecule has 1 aliphatic carbocycles. The number of nitrogens with zero attached hydrogens (tertiary/aromatic N) is 4. The number of aromatic nitrogens is 2. The molecule has 0 unspecified atom stereocenters. The zero-order chi connectivity index (χ0) is 16.5. The highest BCUT2D eigenvalue weighted by Gasteiger charge is 2.38. The van der Waals surface area contributed by atoms with Crippen molar-refractivity contribution in [1.29, 1.82) is 0 Å². The van der Waals surface area contributed by atoms with Gasteiger partial charge in [0.1, 0.15) is 0 Å². The van der Waals surface area contributed by atoms with Crippen LogP contribution < -0.4 is 0 Å². The molecule has 24 heavy (non-hydrogen) atoms. The molecule has 1 saturated carbocycles. The van der Waals surface area contributed by atoms with Crippen molar-refractivity contribution in [1.82, 2.24) is 19.6 Å². The molecule has 2 aliphatic heterocycles. The highest BCUT2D eigenvalue weighted by molar-refractivity contribution is 5.79. The van der Waals surface area contributed by atoms with Crippen LogP contribution in [0.5, 0.6) is 0 Å². The second-order valence-electron chi connectivity index (χ2n) is 7.42. The average molecular weight is 332 g/mol. The number of amides is 1. The number of carbonyl (C=O) groups excluding carboxylic acids is 1. The van der Waals surface area contributed by atoms with Crippen LogP contribution in [0, 0.1) is 0 Å². The minimum Gasteiger partial charge on any atom is -0.374 e. The predicted molar refractivity (Wildman–Crippen MR) is 90.5 cm³/mol. The zero-order valence-corrected chi connectivity index (χ0v) is 14.6. The largest absolute Gasteiger partial charge is 0.374 e. The summed E-state index contributed by atoms with van der Waals surface area (Å²) in [6.45, 7) is 2.98. The molecular formula is C18H28N4O2. The SMILES string of the molecule is Cn1cc([C@@H]2CCCN2CC(=O)N2CCO[C@@H]3CCCC[C@@H]32)cn1. The first-order chi connectivity index (χ1) is 11.7. The molecule has 3 fully saturated rings. The zero-order valence-electron chi connectivity index (χ0n) is 14.6. The minimum atomic E-state index is 0.268. The molecule has 0 aromatic carbocycles. The van der Waals surface area contributed by atoms with Crippen LogP contribution in [0.1, 0.15) is 50.1 Å². The molecule has 0 N–H and O–H groups in total. The van der Waals surface area contributed by atoms with Crippen LogP contribution in [0.15, 0.2) is 12.4 Å². The lowest BCUT2D eigenvalue weighted by atomic mass is 9.90. The number of aryl methyl sites for hydroxylation is 1. The number of carbonyl (C=O) groups is 1. The summed E-state index contributed by atoms with van der Waals surface area (Å²) in [5.74, 6) is 0.283. The first-order valence-electron chi connectivity index (χ1n) is 9.36. The summed E-state index contributed by atoms with van der Waals surface area (Å²) in [7, 11) is 1.95. The number of likely N-dealkylation sites (tertiary alicyclic amines) is 1. The molecule has 3 atom stereocenters. The summed E-state index contributed by atoms with van der Waals surface area (Å²) in [5.41, 5.74) is 1.24. The Hall–Kier alpha value is -1.40. The van der Waals surface area contributed by atoms with Gasteiger partial charge in [0.15, 0.2) is 0 Å². The van der Waals surface area contributed by atoms with Gasteiger partial charge in [-0.3, -0.25) is 14.4 Å². The van der Waals surface area contributed by atoms with E-state index in [2.05, 4.69) is 21.1 Å². The number of hydrogen-bond donors (Lipinski definition) is 0. The Labute approximate surface area is 143 Å². The third-order valence-corrected chi connectivity index (χ3v) is 5.86. The van der Waals surface area contributed by atoms with E-state index < -0.39 is 0 Å². The van der Waals surface area contributed by atoms with E-state index in [1.165, 1.54) is 18.4 Å². The molecule has 3 heterocycles. The second-order valence-corrected chi connectivity index (χ2v) is 7.42. The summed E-state index contributed by atoms with van der Waals surface area (Å²) in [6, 6.07) is 0.644. The van der Waals surface area contributed by atoms with Gasteiger partial charge in [-0.25, -0.2) is 0 Å². The molecule has 0 radical (unpaired) electrons. The molecule has 6 heteroatoms. The van der Waals surface area contributed by atoms with Gasteiger partial charge in [-0.15, -0.1) is 0 Å². The van der Waals surface area contributed by atoms with Gasteiger partial charge in [0.25, 0.3) is 0 Å². The van der Waals surface area contributed by atoms with Crippen LogP contribution in [-0.4, -0.2) is 63.9 Å². The molecule has 2 saturated heterocycles. The molecule has 132 valence electrons. The molecule has 1 amide bonds. The van der Waals surface area contributed by atoms with Gasteiger partial charge < -0.3 is 9.64 Å². The monoisotopic (exact) mass is 332 g/mol. The first-order valence-corrected chi connectivity index (χ1v) is 9.36. The van der Waals surface area contributed by atoms with E-state index in [0.29, 0.717) is 25.2 Å². The van der Waals surface area contributed by atoms with Crippen molar-refractivity contribution < 1.29 is 9.53 Å². The fraction of sp³-hybridized carbons (Fsp3) is 0.778. The van der Waals surface area contributed by atoms with E-state index in [4.69, 9.17) is 4.74 Å². The number of ether oxygens (including phenoxy) is 1. The molecule has 3 aliphatic rings. The molecule has 0 bridgehead atoms.